The van der Waals surface area contributed by atoms with Crippen molar-refractivity contribution in [3.8, 4) is 0 Å². The van der Waals surface area contributed by atoms with Crippen LogP contribution in [0.4, 0.5) is 16.6 Å². The molecule has 1 amide bonds. The summed E-state index contributed by atoms with van der Waals surface area (Å²) in [5.74, 6) is 0.862. The minimum Gasteiger partial charge on any atom is -0.447 e. The zero-order valence-corrected chi connectivity index (χ0v) is 16.9. The second-order valence-corrected chi connectivity index (χ2v) is 7.87. The van der Waals surface area contributed by atoms with E-state index in [-0.39, 0.29) is 17.5 Å². The second kappa shape index (κ2) is 7.84. The fourth-order valence-corrected chi connectivity index (χ4v) is 2.68. The van der Waals surface area contributed by atoms with Crippen molar-refractivity contribution in [1.82, 2.24) is 19.6 Å². The average molecular weight is 382 g/mol. The molecule has 148 valence electrons. The van der Waals surface area contributed by atoms with Crippen molar-refractivity contribution in [2.45, 2.75) is 52.7 Å². The number of fused-ring (bicyclic) bond motifs is 1. The molecule has 0 aliphatic rings. The number of anilines is 2. The zero-order chi connectivity index (χ0) is 20.3. The van der Waals surface area contributed by atoms with Gasteiger partial charge in [-0.2, -0.15) is 0 Å². The summed E-state index contributed by atoms with van der Waals surface area (Å²) >= 11 is 0. The number of amides is 1. The van der Waals surface area contributed by atoms with Crippen LogP contribution in [0.15, 0.2) is 36.7 Å². The summed E-state index contributed by atoms with van der Waals surface area (Å²) in [6.07, 6.45) is 2.52. The molecule has 0 aliphatic carbocycles. The van der Waals surface area contributed by atoms with Crippen LogP contribution in [0.25, 0.3) is 5.65 Å². The van der Waals surface area contributed by atoms with E-state index in [1.165, 1.54) is 5.56 Å². The van der Waals surface area contributed by atoms with Crippen molar-refractivity contribution < 1.29 is 9.53 Å². The highest BCUT2D eigenvalue weighted by Gasteiger charge is 2.15. The van der Waals surface area contributed by atoms with E-state index >= 15 is 0 Å². The first kappa shape index (κ1) is 19.6. The third kappa shape index (κ3) is 4.57. The SMILES string of the molecule is CC(C)OC(=O)Nc1nnc2c(NCc3ccc(C(C)(C)C)cc3)nccn12. The Morgan fingerprint density at radius 1 is 1.18 bits per heavy atom. The Morgan fingerprint density at radius 3 is 2.54 bits per heavy atom. The highest BCUT2D eigenvalue weighted by Crippen LogP contribution is 2.22. The highest BCUT2D eigenvalue weighted by molar-refractivity contribution is 5.83. The molecule has 2 N–H and O–H groups in total. The maximum absolute atomic E-state index is 11.8. The Labute approximate surface area is 164 Å². The van der Waals surface area contributed by atoms with Crippen LogP contribution in [0.5, 0.6) is 0 Å². The first-order chi connectivity index (χ1) is 13.2. The van der Waals surface area contributed by atoms with Gasteiger partial charge in [-0.25, -0.2) is 9.78 Å². The Kier molecular flexibility index (Phi) is 5.48. The monoisotopic (exact) mass is 382 g/mol. The molecule has 0 aliphatic heterocycles. The van der Waals surface area contributed by atoms with Gasteiger partial charge >= 0.3 is 6.09 Å². The number of nitrogens with zero attached hydrogens (tertiary/aromatic N) is 4. The largest absolute Gasteiger partial charge is 0.447 e. The van der Waals surface area contributed by atoms with E-state index in [2.05, 4.69) is 70.9 Å². The molecule has 0 saturated heterocycles. The first-order valence-electron chi connectivity index (χ1n) is 9.24. The summed E-state index contributed by atoms with van der Waals surface area (Å²) in [6, 6.07) is 8.49. The summed E-state index contributed by atoms with van der Waals surface area (Å²) in [6.45, 7) is 10.7. The van der Waals surface area contributed by atoms with Crippen molar-refractivity contribution in [2.75, 3.05) is 10.6 Å². The normalized spacial score (nSPS) is 11.6. The van der Waals surface area contributed by atoms with Crippen molar-refractivity contribution >= 4 is 23.5 Å². The Bertz CT molecular complexity index is 957. The fourth-order valence-electron chi connectivity index (χ4n) is 2.68. The third-order valence-corrected chi connectivity index (χ3v) is 4.16. The summed E-state index contributed by atoms with van der Waals surface area (Å²) in [5.41, 5.74) is 3.07. The van der Waals surface area contributed by atoms with Crippen molar-refractivity contribution in [3.05, 3.63) is 47.8 Å². The van der Waals surface area contributed by atoms with Gasteiger partial charge < -0.3 is 10.1 Å². The Hall–Kier alpha value is -3.16. The van der Waals surface area contributed by atoms with Crippen molar-refractivity contribution in [1.29, 1.82) is 0 Å². The lowest BCUT2D eigenvalue weighted by molar-refractivity contribution is 0.129. The Morgan fingerprint density at radius 2 is 1.89 bits per heavy atom. The van der Waals surface area contributed by atoms with E-state index in [4.69, 9.17) is 4.74 Å². The smallest absolute Gasteiger partial charge is 0.414 e. The molecule has 0 fully saturated rings. The van der Waals surface area contributed by atoms with Gasteiger partial charge in [0.05, 0.1) is 6.10 Å². The van der Waals surface area contributed by atoms with Gasteiger partial charge in [-0.3, -0.25) is 9.72 Å². The number of carbonyl (C=O) groups is 1. The van der Waals surface area contributed by atoms with Crippen LogP contribution in [-0.4, -0.2) is 31.8 Å². The van der Waals surface area contributed by atoms with Crippen LogP contribution < -0.4 is 10.6 Å². The number of hydrogen-bond acceptors (Lipinski definition) is 6. The first-order valence-corrected chi connectivity index (χ1v) is 9.24. The van der Waals surface area contributed by atoms with Crippen molar-refractivity contribution in [2.24, 2.45) is 0 Å². The number of nitrogens with one attached hydrogen (secondary N) is 2. The lowest BCUT2D eigenvalue weighted by Crippen LogP contribution is -2.19. The van der Waals surface area contributed by atoms with E-state index in [1.54, 1.807) is 30.6 Å². The molecule has 0 spiro atoms. The number of carbonyl (C=O) groups excluding carboxylic acids is 1. The van der Waals surface area contributed by atoms with Crippen molar-refractivity contribution in [3.63, 3.8) is 0 Å². The molecule has 0 bridgehead atoms. The maximum atomic E-state index is 11.8. The van der Waals surface area contributed by atoms with Crippen LogP contribution in [0, 0.1) is 0 Å². The molecular formula is C20H26N6O2. The molecule has 8 heteroatoms. The lowest BCUT2D eigenvalue weighted by Gasteiger charge is -2.19. The number of benzene rings is 1. The molecule has 0 saturated carbocycles. The molecule has 0 unspecified atom stereocenters. The molecule has 3 rings (SSSR count). The Balaban J connectivity index is 1.73. The molecule has 0 atom stereocenters. The van der Waals surface area contributed by atoms with Gasteiger partial charge in [-0.05, 0) is 30.4 Å². The molecule has 28 heavy (non-hydrogen) atoms. The summed E-state index contributed by atoms with van der Waals surface area (Å²) < 4.78 is 6.73. The highest BCUT2D eigenvalue weighted by atomic mass is 16.6. The number of ether oxygens (including phenoxy) is 1. The lowest BCUT2D eigenvalue weighted by atomic mass is 9.87. The number of rotatable bonds is 5. The van der Waals surface area contributed by atoms with Crippen LogP contribution in [0.2, 0.25) is 0 Å². The van der Waals surface area contributed by atoms with Gasteiger partial charge in [0.2, 0.25) is 11.6 Å². The van der Waals surface area contributed by atoms with Gasteiger partial charge in [0.25, 0.3) is 0 Å². The second-order valence-electron chi connectivity index (χ2n) is 7.87. The molecule has 2 aromatic heterocycles. The summed E-state index contributed by atoms with van der Waals surface area (Å²) in [7, 11) is 0. The van der Waals surface area contributed by atoms with E-state index in [1.807, 2.05) is 0 Å². The quantitative estimate of drug-likeness (QED) is 0.693. The maximum Gasteiger partial charge on any atom is 0.414 e. The molecule has 1 aromatic carbocycles. The predicted molar refractivity (Wildman–Crippen MR) is 108 cm³/mol. The van der Waals surface area contributed by atoms with Crippen LogP contribution in [0.1, 0.15) is 45.7 Å². The van der Waals surface area contributed by atoms with E-state index in [0.29, 0.717) is 18.0 Å². The average Bonchev–Trinajstić information content (AvgIpc) is 3.02. The van der Waals surface area contributed by atoms with Crippen LogP contribution in [0.3, 0.4) is 0 Å². The number of aromatic nitrogens is 4. The van der Waals surface area contributed by atoms with E-state index in [0.717, 1.165) is 5.56 Å². The molecule has 2 heterocycles. The third-order valence-electron chi connectivity index (χ3n) is 4.16. The molecule has 8 nitrogen and oxygen atoms in total. The predicted octanol–water partition coefficient (Wildman–Crippen LogP) is 3.99. The molecule has 3 aromatic rings. The molecule has 0 radical (unpaired) electrons. The van der Waals surface area contributed by atoms with Crippen LogP contribution >= 0.6 is 0 Å². The van der Waals surface area contributed by atoms with Gasteiger partial charge in [0, 0.05) is 18.9 Å². The zero-order valence-electron chi connectivity index (χ0n) is 16.9. The number of hydrogen-bond donors (Lipinski definition) is 2. The van der Waals surface area contributed by atoms with Gasteiger partial charge in [0.15, 0.2) is 5.82 Å². The van der Waals surface area contributed by atoms with Gasteiger partial charge in [0.1, 0.15) is 0 Å². The summed E-state index contributed by atoms with van der Waals surface area (Å²) in [5, 5.41) is 14.0. The minimum atomic E-state index is -0.574. The topological polar surface area (TPSA) is 93.4 Å². The van der Waals surface area contributed by atoms with Gasteiger partial charge in [-0.1, -0.05) is 45.0 Å². The standard InChI is InChI=1S/C20H26N6O2/c1-13(2)28-19(27)23-18-25-24-17-16(21-10-11-26(17)18)22-12-14-6-8-15(9-7-14)20(3,4)5/h6-11,13H,12H2,1-5H3,(H,21,22)(H,23,25,27). The van der Waals surface area contributed by atoms with Gasteiger partial charge in [-0.15, -0.1) is 10.2 Å². The van der Waals surface area contributed by atoms with E-state index < -0.39 is 6.09 Å². The summed E-state index contributed by atoms with van der Waals surface area (Å²) in [4.78, 5) is 16.2. The minimum absolute atomic E-state index is 0.126. The van der Waals surface area contributed by atoms with E-state index in [9.17, 15) is 4.79 Å². The van der Waals surface area contributed by atoms with Crippen LogP contribution in [-0.2, 0) is 16.7 Å². The fraction of sp³-hybridized carbons (Fsp3) is 0.400. The molecular weight excluding hydrogens is 356 g/mol.